The lowest BCUT2D eigenvalue weighted by atomic mass is 10.1. The largest absolute Gasteiger partial charge is 0.306 e. The zero-order chi connectivity index (χ0) is 26.6. The molecule has 38 heavy (non-hydrogen) atoms. The van der Waals surface area contributed by atoms with Crippen molar-refractivity contribution in [2.45, 2.75) is 18.9 Å². The monoisotopic (exact) mass is 525 g/mol. The Kier molecular flexibility index (Phi) is 7.22. The number of nitrogens with zero attached hydrogens (tertiary/aromatic N) is 3. The van der Waals surface area contributed by atoms with Gasteiger partial charge in [-0.1, -0.05) is 41.9 Å². The SMILES string of the molecule is C#CCC(NCCCN1C(=O)c2ccccc2C1=O)c1nc2cc(Cl)ccc2c(=O)n1Nc1ccccc1. The Hall–Kier alpha value is -4.45. The molecule has 1 unspecified atom stereocenters. The van der Waals surface area contributed by atoms with E-state index in [1.54, 1.807) is 42.5 Å². The fourth-order valence-corrected chi connectivity index (χ4v) is 4.65. The molecule has 0 bridgehead atoms. The van der Waals surface area contributed by atoms with Gasteiger partial charge in [0, 0.05) is 18.0 Å². The number of amides is 2. The van der Waals surface area contributed by atoms with Crippen LogP contribution in [0.25, 0.3) is 10.9 Å². The Morgan fingerprint density at radius 1 is 0.947 bits per heavy atom. The summed E-state index contributed by atoms with van der Waals surface area (Å²) in [5.74, 6) is 2.47. The second-order valence-electron chi connectivity index (χ2n) is 8.83. The lowest BCUT2D eigenvalue weighted by molar-refractivity contribution is 0.0652. The number of aromatic nitrogens is 2. The molecule has 1 atom stereocenters. The van der Waals surface area contributed by atoms with Gasteiger partial charge in [-0.15, -0.1) is 12.3 Å². The van der Waals surface area contributed by atoms with Crippen molar-refractivity contribution in [2.75, 3.05) is 18.5 Å². The normalized spacial score (nSPS) is 13.4. The molecule has 0 spiro atoms. The molecule has 0 saturated heterocycles. The second-order valence-corrected chi connectivity index (χ2v) is 9.26. The third kappa shape index (κ3) is 4.90. The second kappa shape index (κ2) is 10.9. The number of halogens is 1. The molecule has 3 aromatic carbocycles. The first-order valence-electron chi connectivity index (χ1n) is 12.1. The van der Waals surface area contributed by atoms with Gasteiger partial charge in [0.25, 0.3) is 17.4 Å². The van der Waals surface area contributed by atoms with Crippen LogP contribution in [0.4, 0.5) is 5.69 Å². The van der Waals surface area contributed by atoms with Crippen molar-refractivity contribution >= 4 is 40.0 Å². The number of nitrogens with one attached hydrogen (secondary N) is 2. The maximum absolute atomic E-state index is 13.5. The van der Waals surface area contributed by atoms with E-state index in [9.17, 15) is 14.4 Å². The summed E-state index contributed by atoms with van der Waals surface area (Å²) in [4.78, 5) is 44.8. The summed E-state index contributed by atoms with van der Waals surface area (Å²) in [6.45, 7) is 0.673. The van der Waals surface area contributed by atoms with Crippen LogP contribution in [0.1, 0.15) is 45.4 Å². The number of hydrogen-bond donors (Lipinski definition) is 2. The van der Waals surface area contributed by atoms with Gasteiger partial charge in [0.2, 0.25) is 0 Å². The summed E-state index contributed by atoms with van der Waals surface area (Å²) in [7, 11) is 0. The third-order valence-electron chi connectivity index (χ3n) is 6.33. The number of carbonyl (C=O) groups is 2. The summed E-state index contributed by atoms with van der Waals surface area (Å²) in [6, 6.07) is 20.5. The molecule has 2 heterocycles. The summed E-state index contributed by atoms with van der Waals surface area (Å²) < 4.78 is 1.39. The fourth-order valence-electron chi connectivity index (χ4n) is 4.49. The van der Waals surface area contributed by atoms with Gasteiger partial charge in [0.05, 0.1) is 33.8 Å². The summed E-state index contributed by atoms with van der Waals surface area (Å²) in [5.41, 5.74) is 4.86. The number of carbonyl (C=O) groups excluding carboxylic acids is 2. The molecule has 2 N–H and O–H groups in total. The highest BCUT2D eigenvalue weighted by atomic mass is 35.5. The molecule has 0 fully saturated rings. The van der Waals surface area contributed by atoms with Crippen molar-refractivity contribution in [3.63, 3.8) is 0 Å². The molecular weight excluding hydrogens is 502 g/mol. The van der Waals surface area contributed by atoms with Crippen molar-refractivity contribution in [3.8, 4) is 12.3 Å². The van der Waals surface area contributed by atoms with Crippen molar-refractivity contribution in [3.05, 3.63) is 105 Å². The number of imide groups is 1. The van der Waals surface area contributed by atoms with Crippen LogP contribution < -0.4 is 16.3 Å². The molecule has 0 saturated carbocycles. The zero-order valence-corrected chi connectivity index (χ0v) is 21.1. The van der Waals surface area contributed by atoms with E-state index in [0.717, 1.165) is 0 Å². The van der Waals surface area contributed by atoms with Crippen LogP contribution in [0.2, 0.25) is 5.02 Å². The van der Waals surface area contributed by atoms with E-state index < -0.39 is 6.04 Å². The third-order valence-corrected chi connectivity index (χ3v) is 6.57. The molecule has 1 aromatic heterocycles. The van der Waals surface area contributed by atoms with E-state index in [4.69, 9.17) is 23.0 Å². The number of rotatable bonds is 9. The molecule has 4 aromatic rings. The first-order chi connectivity index (χ1) is 18.5. The lowest BCUT2D eigenvalue weighted by Crippen LogP contribution is -2.37. The Bertz CT molecular complexity index is 1590. The van der Waals surface area contributed by atoms with Crippen LogP contribution in [-0.2, 0) is 0 Å². The first-order valence-corrected chi connectivity index (χ1v) is 12.5. The van der Waals surface area contributed by atoms with Crippen LogP contribution in [0, 0.1) is 12.3 Å². The highest BCUT2D eigenvalue weighted by Crippen LogP contribution is 2.23. The minimum atomic E-state index is -0.491. The van der Waals surface area contributed by atoms with E-state index in [2.05, 4.69) is 16.7 Å². The van der Waals surface area contributed by atoms with Crippen LogP contribution in [0.3, 0.4) is 0 Å². The van der Waals surface area contributed by atoms with Gasteiger partial charge < -0.3 is 5.32 Å². The van der Waals surface area contributed by atoms with Gasteiger partial charge in [-0.3, -0.25) is 24.7 Å². The van der Waals surface area contributed by atoms with Gasteiger partial charge in [-0.25, -0.2) is 9.66 Å². The van der Waals surface area contributed by atoms with Gasteiger partial charge >= 0.3 is 0 Å². The van der Waals surface area contributed by atoms with Crippen LogP contribution in [0.15, 0.2) is 77.6 Å². The Balaban J connectivity index is 1.39. The van der Waals surface area contributed by atoms with E-state index >= 15 is 0 Å². The molecule has 5 rings (SSSR count). The molecule has 9 heteroatoms. The summed E-state index contributed by atoms with van der Waals surface area (Å²) >= 11 is 6.18. The quantitative estimate of drug-likeness (QED) is 0.192. The van der Waals surface area contributed by atoms with Crippen LogP contribution in [-0.4, -0.2) is 39.5 Å². The number of hydrogen-bond acceptors (Lipinski definition) is 6. The predicted octanol–water partition coefficient (Wildman–Crippen LogP) is 4.27. The smallest absolute Gasteiger partial charge is 0.280 e. The van der Waals surface area contributed by atoms with E-state index in [1.165, 1.54) is 9.58 Å². The molecular formula is C29H24ClN5O3. The van der Waals surface area contributed by atoms with Crippen molar-refractivity contribution < 1.29 is 9.59 Å². The van der Waals surface area contributed by atoms with Gasteiger partial charge in [0.1, 0.15) is 5.82 Å². The fraction of sp³-hybridized carbons (Fsp3) is 0.172. The highest BCUT2D eigenvalue weighted by Gasteiger charge is 2.34. The topological polar surface area (TPSA) is 96.3 Å². The van der Waals surface area contributed by atoms with Crippen LogP contribution in [0.5, 0.6) is 0 Å². The number of terminal acetylenes is 1. The molecule has 8 nitrogen and oxygen atoms in total. The molecule has 2 amide bonds. The average molecular weight is 526 g/mol. The van der Waals surface area contributed by atoms with Crippen LogP contribution >= 0.6 is 11.6 Å². The number of anilines is 1. The Labute approximate surface area is 224 Å². The first kappa shape index (κ1) is 25.2. The van der Waals surface area contributed by atoms with Crippen molar-refractivity contribution in [1.82, 2.24) is 19.9 Å². The maximum atomic E-state index is 13.5. The number of fused-ring (bicyclic) bond motifs is 2. The Morgan fingerprint density at radius 2 is 1.63 bits per heavy atom. The van der Waals surface area contributed by atoms with Crippen molar-refractivity contribution in [1.29, 1.82) is 0 Å². The van der Waals surface area contributed by atoms with Gasteiger partial charge in [-0.05, 0) is 55.4 Å². The minimum absolute atomic E-state index is 0.248. The van der Waals surface area contributed by atoms with E-state index in [0.29, 0.717) is 51.5 Å². The van der Waals surface area contributed by atoms with Gasteiger partial charge in [0.15, 0.2) is 0 Å². The summed E-state index contributed by atoms with van der Waals surface area (Å²) in [6.07, 6.45) is 6.43. The molecule has 0 aliphatic carbocycles. The van der Waals surface area contributed by atoms with Crippen molar-refractivity contribution in [2.24, 2.45) is 0 Å². The average Bonchev–Trinajstić information content (AvgIpc) is 3.17. The van der Waals surface area contributed by atoms with E-state index in [-0.39, 0.29) is 30.3 Å². The molecule has 0 radical (unpaired) electrons. The Morgan fingerprint density at radius 3 is 2.32 bits per heavy atom. The summed E-state index contributed by atoms with van der Waals surface area (Å²) in [5, 5.41) is 4.23. The molecule has 190 valence electrons. The zero-order valence-electron chi connectivity index (χ0n) is 20.4. The minimum Gasteiger partial charge on any atom is -0.306 e. The number of benzene rings is 3. The standard InChI is InChI=1S/C29H24ClN5O3/c1-2-9-24(31-16-8-17-34-27(36)21-12-6-7-13-22(21)28(34)37)26-32-25-18-19(30)14-15-23(25)29(38)35(26)33-20-10-4-3-5-11-20/h1,3-7,10-15,18,24,31,33H,8-9,16-17H2. The van der Waals surface area contributed by atoms with Gasteiger partial charge in [-0.2, -0.15) is 0 Å². The molecule has 1 aliphatic heterocycles. The maximum Gasteiger partial charge on any atom is 0.280 e. The predicted molar refractivity (Wildman–Crippen MR) is 147 cm³/mol. The van der Waals surface area contributed by atoms with E-state index in [1.807, 2.05) is 30.3 Å². The lowest BCUT2D eigenvalue weighted by Gasteiger charge is -2.22. The molecule has 1 aliphatic rings. The highest BCUT2D eigenvalue weighted by molar-refractivity contribution is 6.31. The number of para-hydroxylation sites is 1.